The number of aromatic nitrogens is 1. The van der Waals surface area contributed by atoms with E-state index in [4.69, 9.17) is 17.3 Å². The number of nitrogens with two attached hydrogens (primary N) is 1. The molecule has 1 aliphatic rings. The Balaban J connectivity index is 0.00000169. The van der Waals surface area contributed by atoms with E-state index in [1.165, 1.54) is 16.9 Å². The molecule has 2 N–H and O–H groups in total. The standard InChI is InChI=1S/C17H21ClN4OS.2ClH/c18-14-4-2-13(3-5-14)11-21-6-1-7-22(9-8-21)17(23)15-12-24-16(10-19)20-15;;/h2-5,12H,1,6-11,19H2;2*1H. The summed E-state index contributed by atoms with van der Waals surface area (Å²) in [5.41, 5.74) is 7.34. The Morgan fingerprint density at radius 2 is 1.88 bits per heavy atom. The third-order valence-corrected chi connectivity index (χ3v) is 5.26. The summed E-state index contributed by atoms with van der Waals surface area (Å²) in [4.78, 5) is 21.2. The van der Waals surface area contributed by atoms with Crippen LogP contribution in [0.5, 0.6) is 0 Å². The number of thiazole rings is 1. The van der Waals surface area contributed by atoms with E-state index in [-0.39, 0.29) is 30.7 Å². The first kappa shape index (κ1) is 23.1. The fourth-order valence-corrected chi connectivity index (χ4v) is 3.62. The first-order valence-corrected chi connectivity index (χ1v) is 9.32. The summed E-state index contributed by atoms with van der Waals surface area (Å²) in [5.74, 6) is 0.0132. The zero-order valence-corrected chi connectivity index (χ0v) is 17.5. The van der Waals surface area contributed by atoms with Gasteiger partial charge < -0.3 is 10.6 Å². The average Bonchev–Trinajstić information content (AvgIpc) is 2.96. The SMILES string of the molecule is Cl.Cl.NCc1nc(C(=O)N2CCCN(Cc3ccc(Cl)cc3)CC2)cs1. The van der Waals surface area contributed by atoms with Gasteiger partial charge in [-0.05, 0) is 24.1 Å². The molecule has 2 aromatic rings. The van der Waals surface area contributed by atoms with Gasteiger partial charge in [0.05, 0.1) is 0 Å². The Morgan fingerprint density at radius 3 is 2.54 bits per heavy atom. The third kappa shape index (κ3) is 6.08. The molecule has 1 fully saturated rings. The van der Waals surface area contributed by atoms with Crippen LogP contribution in [0.2, 0.25) is 5.02 Å². The molecule has 1 aromatic carbocycles. The molecule has 2 heterocycles. The number of carbonyl (C=O) groups is 1. The van der Waals surface area contributed by atoms with Gasteiger partial charge in [-0.1, -0.05) is 23.7 Å². The highest BCUT2D eigenvalue weighted by molar-refractivity contribution is 7.09. The Kier molecular flexibility index (Phi) is 9.85. The van der Waals surface area contributed by atoms with Crippen LogP contribution >= 0.6 is 47.8 Å². The van der Waals surface area contributed by atoms with Crippen LogP contribution < -0.4 is 5.73 Å². The molecule has 5 nitrogen and oxygen atoms in total. The lowest BCUT2D eigenvalue weighted by atomic mass is 10.2. The maximum atomic E-state index is 12.6. The molecule has 0 aliphatic carbocycles. The van der Waals surface area contributed by atoms with Crippen molar-refractivity contribution < 1.29 is 4.79 Å². The molecule has 0 saturated carbocycles. The van der Waals surface area contributed by atoms with Gasteiger partial charge in [-0.3, -0.25) is 9.69 Å². The number of carbonyl (C=O) groups excluding carboxylic acids is 1. The smallest absolute Gasteiger partial charge is 0.273 e. The summed E-state index contributed by atoms with van der Waals surface area (Å²) in [6, 6.07) is 7.95. The molecule has 0 radical (unpaired) electrons. The minimum absolute atomic E-state index is 0. The summed E-state index contributed by atoms with van der Waals surface area (Å²) >= 11 is 7.38. The van der Waals surface area contributed by atoms with Gasteiger partial charge in [-0.15, -0.1) is 36.2 Å². The van der Waals surface area contributed by atoms with Crippen molar-refractivity contribution in [2.45, 2.75) is 19.5 Å². The molecule has 3 rings (SSSR count). The average molecular weight is 438 g/mol. The second-order valence-electron chi connectivity index (χ2n) is 5.88. The maximum absolute atomic E-state index is 12.6. The molecular weight excluding hydrogens is 415 g/mol. The van der Waals surface area contributed by atoms with Crippen molar-refractivity contribution in [3.8, 4) is 0 Å². The molecule has 1 aromatic heterocycles. The summed E-state index contributed by atoms with van der Waals surface area (Å²) in [7, 11) is 0. The monoisotopic (exact) mass is 436 g/mol. The van der Waals surface area contributed by atoms with Crippen LogP contribution in [-0.2, 0) is 13.1 Å². The Bertz CT molecular complexity index is 696. The van der Waals surface area contributed by atoms with Crippen LogP contribution in [0.25, 0.3) is 0 Å². The van der Waals surface area contributed by atoms with Crippen molar-refractivity contribution in [1.29, 1.82) is 0 Å². The molecule has 0 spiro atoms. The van der Waals surface area contributed by atoms with Gasteiger partial charge in [-0.25, -0.2) is 4.98 Å². The second-order valence-corrected chi connectivity index (χ2v) is 7.26. The van der Waals surface area contributed by atoms with Crippen LogP contribution in [0, 0.1) is 0 Å². The lowest BCUT2D eigenvalue weighted by molar-refractivity contribution is 0.0756. The quantitative estimate of drug-likeness (QED) is 0.796. The zero-order valence-electron chi connectivity index (χ0n) is 14.3. The van der Waals surface area contributed by atoms with Crippen LogP contribution in [0.15, 0.2) is 29.6 Å². The van der Waals surface area contributed by atoms with Crippen LogP contribution in [0.4, 0.5) is 0 Å². The normalized spacial score (nSPS) is 14.9. The van der Waals surface area contributed by atoms with Crippen LogP contribution in [0.1, 0.15) is 27.5 Å². The molecule has 0 atom stereocenters. The van der Waals surface area contributed by atoms with Crippen molar-refractivity contribution in [3.05, 3.63) is 50.9 Å². The molecule has 144 valence electrons. The largest absolute Gasteiger partial charge is 0.336 e. The molecular formula is C17H23Cl3N4OS. The highest BCUT2D eigenvalue weighted by Gasteiger charge is 2.22. The van der Waals surface area contributed by atoms with E-state index in [1.807, 2.05) is 17.0 Å². The Hall–Kier alpha value is -0.890. The highest BCUT2D eigenvalue weighted by atomic mass is 35.5. The summed E-state index contributed by atoms with van der Waals surface area (Å²) in [6.07, 6.45) is 0.965. The summed E-state index contributed by atoms with van der Waals surface area (Å²) in [5, 5.41) is 3.37. The molecule has 1 amide bonds. The highest BCUT2D eigenvalue weighted by Crippen LogP contribution is 2.15. The van der Waals surface area contributed by atoms with Crippen molar-refractivity contribution in [3.63, 3.8) is 0 Å². The van der Waals surface area contributed by atoms with Gasteiger partial charge in [0.1, 0.15) is 10.7 Å². The lowest BCUT2D eigenvalue weighted by Gasteiger charge is -2.21. The van der Waals surface area contributed by atoms with Gasteiger partial charge >= 0.3 is 0 Å². The van der Waals surface area contributed by atoms with Crippen molar-refractivity contribution in [1.82, 2.24) is 14.8 Å². The number of amides is 1. The molecule has 1 aliphatic heterocycles. The van der Waals surface area contributed by atoms with E-state index >= 15 is 0 Å². The van der Waals surface area contributed by atoms with Crippen molar-refractivity contribution in [2.75, 3.05) is 26.2 Å². The number of hydrogen-bond donors (Lipinski definition) is 1. The minimum Gasteiger partial charge on any atom is -0.336 e. The fourth-order valence-electron chi connectivity index (χ4n) is 2.85. The molecule has 1 saturated heterocycles. The summed E-state index contributed by atoms with van der Waals surface area (Å²) < 4.78 is 0. The van der Waals surface area contributed by atoms with Gasteiger partial charge in [0.25, 0.3) is 5.91 Å². The molecule has 26 heavy (non-hydrogen) atoms. The van der Waals surface area contributed by atoms with E-state index in [0.29, 0.717) is 12.2 Å². The predicted octanol–water partition coefficient (Wildman–Crippen LogP) is 3.45. The Morgan fingerprint density at radius 1 is 1.15 bits per heavy atom. The summed E-state index contributed by atoms with van der Waals surface area (Å²) in [6.45, 7) is 4.60. The molecule has 9 heteroatoms. The number of benzene rings is 1. The van der Waals surface area contributed by atoms with E-state index in [9.17, 15) is 4.79 Å². The zero-order chi connectivity index (χ0) is 16.9. The first-order valence-electron chi connectivity index (χ1n) is 8.06. The van der Waals surface area contributed by atoms with Crippen molar-refractivity contribution >= 4 is 53.7 Å². The predicted molar refractivity (Wildman–Crippen MR) is 112 cm³/mol. The number of hydrogen-bond acceptors (Lipinski definition) is 5. The molecule has 0 bridgehead atoms. The second kappa shape index (κ2) is 11.1. The number of halogens is 3. The number of nitrogens with zero attached hydrogens (tertiary/aromatic N) is 3. The minimum atomic E-state index is 0. The van der Waals surface area contributed by atoms with E-state index in [1.54, 1.807) is 5.38 Å². The third-order valence-electron chi connectivity index (χ3n) is 4.14. The van der Waals surface area contributed by atoms with Crippen LogP contribution in [-0.4, -0.2) is 46.9 Å². The van der Waals surface area contributed by atoms with Gasteiger partial charge in [0.15, 0.2) is 0 Å². The fraction of sp³-hybridized carbons (Fsp3) is 0.412. The topological polar surface area (TPSA) is 62.5 Å². The maximum Gasteiger partial charge on any atom is 0.273 e. The van der Waals surface area contributed by atoms with Gasteiger partial charge in [0, 0.05) is 49.7 Å². The van der Waals surface area contributed by atoms with Gasteiger partial charge in [-0.2, -0.15) is 0 Å². The van der Waals surface area contributed by atoms with E-state index < -0.39 is 0 Å². The van der Waals surface area contributed by atoms with Gasteiger partial charge in [0.2, 0.25) is 0 Å². The van der Waals surface area contributed by atoms with Crippen LogP contribution in [0.3, 0.4) is 0 Å². The Labute approximate surface area is 175 Å². The number of rotatable bonds is 4. The lowest BCUT2D eigenvalue weighted by Crippen LogP contribution is -2.35. The van der Waals surface area contributed by atoms with Crippen molar-refractivity contribution in [2.24, 2.45) is 5.73 Å². The van der Waals surface area contributed by atoms with E-state index in [2.05, 4.69) is 22.0 Å². The first-order chi connectivity index (χ1) is 11.7. The molecule has 0 unspecified atom stereocenters. The van der Waals surface area contributed by atoms with E-state index in [0.717, 1.165) is 49.2 Å².